The van der Waals surface area contributed by atoms with Crippen molar-refractivity contribution >= 4 is 5.78 Å². The Labute approximate surface area is 116 Å². The molecule has 3 atom stereocenters. The number of aliphatic hydroxyl groups is 1. The first-order valence-electron chi connectivity index (χ1n) is 7.64. The molecule has 0 bridgehead atoms. The van der Waals surface area contributed by atoms with Crippen LogP contribution in [0.4, 0.5) is 0 Å². The van der Waals surface area contributed by atoms with E-state index in [1.54, 1.807) is 0 Å². The molecule has 0 aromatic carbocycles. The lowest BCUT2D eigenvalue weighted by molar-refractivity contribution is -0.122. The molecular weight excluding hydrogens is 242 g/mol. The summed E-state index contributed by atoms with van der Waals surface area (Å²) in [6, 6.07) is 0.365. The molecule has 110 valence electrons. The van der Waals surface area contributed by atoms with Crippen LogP contribution in [0, 0.1) is 5.92 Å². The molecule has 1 heterocycles. The van der Waals surface area contributed by atoms with Crippen LogP contribution in [0.15, 0.2) is 0 Å². The van der Waals surface area contributed by atoms with Crippen LogP contribution in [0.5, 0.6) is 0 Å². The number of β-amino-alcohol motifs (C(OH)–C–C–N with tert-alkyl or cyclic N) is 1. The molecule has 1 aliphatic carbocycles. The molecule has 0 radical (unpaired) electrons. The Morgan fingerprint density at radius 1 is 1.37 bits per heavy atom. The lowest BCUT2D eigenvalue weighted by Gasteiger charge is -2.30. The van der Waals surface area contributed by atoms with Gasteiger partial charge in [0.1, 0.15) is 5.78 Å². The van der Waals surface area contributed by atoms with Crippen molar-refractivity contribution in [3.8, 4) is 0 Å². The summed E-state index contributed by atoms with van der Waals surface area (Å²) >= 11 is 0. The Morgan fingerprint density at radius 2 is 2.16 bits per heavy atom. The van der Waals surface area contributed by atoms with Crippen molar-refractivity contribution < 1.29 is 14.6 Å². The second-order valence-electron chi connectivity index (χ2n) is 6.21. The summed E-state index contributed by atoms with van der Waals surface area (Å²) in [5.41, 5.74) is 0. The van der Waals surface area contributed by atoms with Gasteiger partial charge in [0.2, 0.25) is 0 Å². The monoisotopic (exact) mass is 269 g/mol. The SMILES string of the molecule is CC(C)OCC(O)CN1CCCC1C1CCCC1=O. The Morgan fingerprint density at radius 3 is 2.79 bits per heavy atom. The zero-order valence-corrected chi connectivity index (χ0v) is 12.2. The first-order valence-corrected chi connectivity index (χ1v) is 7.64. The fraction of sp³-hybridized carbons (Fsp3) is 0.933. The Kier molecular flexibility index (Phi) is 5.37. The van der Waals surface area contributed by atoms with Crippen molar-refractivity contribution in [1.29, 1.82) is 0 Å². The molecule has 0 aromatic rings. The third-order valence-electron chi connectivity index (χ3n) is 4.30. The van der Waals surface area contributed by atoms with Gasteiger partial charge >= 0.3 is 0 Å². The van der Waals surface area contributed by atoms with Crippen LogP contribution in [-0.4, -0.2) is 53.7 Å². The fourth-order valence-electron chi connectivity index (χ4n) is 3.41. The van der Waals surface area contributed by atoms with Gasteiger partial charge in [-0.2, -0.15) is 0 Å². The Balaban J connectivity index is 1.83. The summed E-state index contributed by atoms with van der Waals surface area (Å²) in [7, 11) is 0. The van der Waals surface area contributed by atoms with E-state index in [0.29, 0.717) is 25.0 Å². The molecule has 3 unspecified atom stereocenters. The molecule has 4 nitrogen and oxygen atoms in total. The van der Waals surface area contributed by atoms with Crippen LogP contribution in [0.25, 0.3) is 0 Å². The molecule has 2 aliphatic rings. The van der Waals surface area contributed by atoms with Crippen molar-refractivity contribution in [2.45, 2.75) is 64.2 Å². The minimum absolute atomic E-state index is 0.153. The molecule has 1 N–H and O–H groups in total. The summed E-state index contributed by atoms with van der Waals surface area (Å²) in [6.07, 6.45) is 4.81. The number of carbonyl (C=O) groups excluding carboxylic acids is 1. The lowest BCUT2D eigenvalue weighted by atomic mass is 9.95. The van der Waals surface area contributed by atoms with Crippen LogP contribution in [0.2, 0.25) is 0 Å². The first-order chi connectivity index (χ1) is 9.08. The van der Waals surface area contributed by atoms with E-state index in [0.717, 1.165) is 38.6 Å². The highest BCUT2D eigenvalue weighted by atomic mass is 16.5. The van der Waals surface area contributed by atoms with Gasteiger partial charge in [-0.25, -0.2) is 0 Å². The number of nitrogens with zero attached hydrogens (tertiary/aromatic N) is 1. The van der Waals surface area contributed by atoms with Gasteiger partial charge in [-0.3, -0.25) is 9.69 Å². The minimum atomic E-state index is -0.445. The van der Waals surface area contributed by atoms with Gasteiger partial charge in [-0.15, -0.1) is 0 Å². The number of aliphatic hydroxyl groups excluding tert-OH is 1. The van der Waals surface area contributed by atoms with Gasteiger partial charge in [0.25, 0.3) is 0 Å². The molecule has 0 spiro atoms. The quantitative estimate of drug-likeness (QED) is 0.796. The van der Waals surface area contributed by atoms with Gasteiger partial charge in [-0.05, 0) is 46.1 Å². The van der Waals surface area contributed by atoms with E-state index < -0.39 is 6.10 Å². The van der Waals surface area contributed by atoms with Gasteiger partial charge in [0, 0.05) is 24.9 Å². The smallest absolute Gasteiger partial charge is 0.137 e. The number of hydrogen-bond donors (Lipinski definition) is 1. The standard InChI is InChI=1S/C15H27NO3/c1-11(2)19-10-12(17)9-16-8-4-6-14(16)13-5-3-7-15(13)18/h11-14,17H,3-10H2,1-2H3. The van der Waals surface area contributed by atoms with Crippen LogP contribution < -0.4 is 0 Å². The van der Waals surface area contributed by atoms with Crippen LogP contribution >= 0.6 is 0 Å². The normalized spacial score (nSPS) is 30.4. The summed E-state index contributed by atoms with van der Waals surface area (Å²) in [5, 5.41) is 10.0. The van der Waals surface area contributed by atoms with Crippen LogP contribution in [-0.2, 0) is 9.53 Å². The molecule has 0 amide bonds. The van der Waals surface area contributed by atoms with E-state index in [9.17, 15) is 9.90 Å². The topological polar surface area (TPSA) is 49.8 Å². The number of ketones is 1. The maximum atomic E-state index is 11.9. The number of Topliss-reactive ketones (excluding diaryl/α,β-unsaturated/α-hetero) is 1. The molecule has 1 aliphatic heterocycles. The highest BCUT2D eigenvalue weighted by Crippen LogP contribution is 2.33. The molecule has 0 aromatic heterocycles. The van der Waals surface area contributed by atoms with Crippen LogP contribution in [0.3, 0.4) is 0 Å². The summed E-state index contributed by atoms with van der Waals surface area (Å²) < 4.78 is 5.45. The highest BCUT2D eigenvalue weighted by Gasteiger charge is 2.38. The molecule has 4 heteroatoms. The van der Waals surface area contributed by atoms with Crippen molar-refractivity contribution in [1.82, 2.24) is 4.90 Å². The summed E-state index contributed by atoms with van der Waals surface area (Å²) in [4.78, 5) is 14.2. The summed E-state index contributed by atoms with van der Waals surface area (Å²) in [5.74, 6) is 0.658. The average molecular weight is 269 g/mol. The predicted molar refractivity (Wildman–Crippen MR) is 74.0 cm³/mol. The van der Waals surface area contributed by atoms with Crippen LogP contribution in [0.1, 0.15) is 46.0 Å². The van der Waals surface area contributed by atoms with Crippen molar-refractivity contribution in [2.75, 3.05) is 19.7 Å². The first kappa shape index (κ1) is 14.9. The maximum absolute atomic E-state index is 11.9. The number of ether oxygens (including phenoxy) is 1. The van der Waals surface area contributed by atoms with Gasteiger partial charge in [0.15, 0.2) is 0 Å². The van der Waals surface area contributed by atoms with Gasteiger partial charge < -0.3 is 9.84 Å². The largest absolute Gasteiger partial charge is 0.389 e. The van der Waals surface area contributed by atoms with Crippen molar-refractivity contribution in [3.05, 3.63) is 0 Å². The number of likely N-dealkylation sites (tertiary alicyclic amines) is 1. The van der Waals surface area contributed by atoms with E-state index >= 15 is 0 Å². The third-order valence-corrected chi connectivity index (χ3v) is 4.30. The minimum Gasteiger partial charge on any atom is -0.389 e. The maximum Gasteiger partial charge on any atom is 0.137 e. The number of carbonyl (C=O) groups is 1. The van der Waals surface area contributed by atoms with Crippen molar-refractivity contribution in [3.63, 3.8) is 0 Å². The van der Waals surface area contributed by atoms with E-state index in [4.69, 9.17) is 4.74 Å². The molecular formula is C15H27NO3. The molecule has 2 rings (SSSR count). The second kappa shape index (κ2) is 6.82. The van der Waals surface area contributed by atoms with E-state index in [1.807, 2.05) is 13.8 Å². The molecule has 2 fully saturated rings. The molecule has 19 heavy (non-hydrogen) atoms. The molecule has 1 saturated carbocycles. The highest BCUT2D eigenvalue weighted by molar-refractivity contribution is 5.83. The zero-order chi connectivity index (χ0) is 13.8. The Hall–Kier alpha value is -0.450. The zero-order valence-electron chi connectivity index (χ0n) is 12.2. The summed E-state index contributed by atoms with van der Waals surface area (Å²) in [6.45, 7) is 5.99. The van der Waals surface area contributed by atoms with Crippen molar-refractivity contribution in [2.24, 2.45) is 5.92 Å². The van der Waals surface area contributed by atoms with E-state index in [-0.39, 0.29) is 12.0 Å². The third kappa shape index (κ3) is 4.01. The molecule has 1 saturated heterocycles. The lowest BCUT2D eigenvalue weighted by Crippen LogP contribution is -2.42. The van der Waals surface area contributed by atoms with Gasteiger partial charge in [0.05, 0.1) is 18.8 Å². The van der Waals surface area contributed by atoms with E-state index in [2.05, 4.69) is 4.90 Å². The van der Waals surface area contributed by atoms with Gasteiger partial charge in [-0.1, -0.05) is 0 Å². The fourth-order valence-corrected chi connectivity index (χ4v) is 3.41. The number of rotatable bonds is 6. The number of hydrogen-bond acceptors (Lipinski definition) is 4. The Bertz CT molecular complexity index is 306. The second-order valence-corrected chi connectivity index (χ2v) is 6.21. The average Bonchev–Trinajstić information content (AvgIpc) is 2.95. The van der Waals surface area contributed by atoms with E-state index in [1.165, 1.54) is 0 Å². The predicted octanol–water partition coefficient (Wildman–Crippen LogP) is 1.61.